The minimum absolute atomic E-state index is 0.241. The molecule has 1 saturated carbocycles. The molecule has 1 aliphatic carbocycles. The highest BCUT2D eigenvalue weighted by molar-refractivity contribution is 9.10. The number of benzene rings is 1. The van der Waals surface area contributed by atoms with Gasteiger partial charge in [0.2, 0.25) is 0 Å². The Balaban J connectivity index is 1.71. The molecule has 2 aliphatic rings. The fraction of sp³-hybridized carbons (Fsp3) is 0.647. The standard InChI is InChI=1S/C17H24BrNO/c1-11(12-6-4-7-13(18)10-12)19-15-14-8-5-9-20-16(14)17(15,2)3/h4,6-7,10-11,14-16,19H,5,8-9H2,1-3H3. The van der Waals surface area contributed by atoms with Crippen LogP contribution in [0.2, 0.25) is 0 Å². The molecule has 1 aromatic carbocycles. The highest BCUT2D eigenvalue weighted by Crippen LogP contribution is 2.51. The lowest BCUT2D eigenvalue weighted by atomic mass is 9.55. The number of hydrogen-bond donors (Lipinski definition) is 1. The van der Waals surface area contributed by atoms with Crippen LogP contribution in [0.1, 0.15) is 45.2 Å². The van der Waals surface area contributed by atoms with Gasteiger partial charge >= 0.3 is 0 Å². The minimum atomic E-state index is 0.241. The van der Waals surface area contributed by atoms with Gasteiger partial charge in [-0.3, -0.25) is 0 Å². The van der Waals surface area contributed by atoms with E-state index in [0.717, 1.165) is 11.1 Å². The molecule has 1 N–H and O–H groups in total. The van der Waals surface area contributed by atoms with Crippen LogP contribution in [0.3, 0.4) is 0 Å². The molecule has 1 aromatic rings. The van der Waals surface area contributed by atoms with Crippen molar-refractivity contribution in [2.45, 2.75) is 51.8 Å². The zero-order valence-electron chi connectivity index (χ0n) is 12.5. The average molecular weight is 338 g/mol. The Morgan fingerprint density at radius 2 is 2.20 bits per heavy atom. The summed E-state index contributed by atoms with van der Waals surface area (Å²) in [5.41, 5.74) is 1.58. The van der Waals surface area contributed by atoms with Gasteiger partial charge in [-0.15, -0.1) is 0 Å². The molecule has 3 rings (SSSR count). The van der Waals surface area contributed by atoms with Crippen LogP contribution in [0.4, 0.5) is 0 Å². The van der Waals surface area contributed by atoms with Gasteiger partial charge in [-0.25, -0.2) is 0 Å². The first-order valence-corrected chi connectivity index (χ1v) is 8.42. The fourth-order valence-corrected chi connectivity index (χ4v) is 4.42. The molecule has 0 spiro atoms. The summed E-state index contributed by atoms with van der Waals surface area (Å²) in [6.07, 6.45) is 2.96. The molecule has 4 atom stereocenters. The van der Waals surface area contributed by atoms with Gasteiger partial charge < -0.3 is 10.1 Å². The smallest absolute Gasteiger partial charge is 0.0684 e. The minimum Gasteiger partial charge on any atom is -0.377 e. The first kappa shape index (κ1) is 14.6. The van der Waals surface area contributed by atoms with Gasteiger partial charge in [-0.2, -0.15) is 0 Å². The van der Waals surface area contributed by atoms with E-state index in [1.807, 2.05) is 0 Å². The van der Waals surface area contributed by atoms with Crippen molar-refractivity contribution in [1.82, 2.24) is 5.32 Å². The van der Waals surface area contributed by atoms with Gasteiger partial charge in [0.25, 0.3) is 0 Å². The molecule has 3 heteroatoms. The summed E-state index contributed by atoms with van der Waals surface area (Å²) in [4.78, 5) is 0. The fourth-order valence-electron chi connectivity index (χ4n) is 4.00. The van der Waals surface area contributed by atoms with Crippen LogP contribution in [-0.2, 0) is 4.74 Å². The first-order valence-electron chi connectivity index (χ1n) is 7.63. The largest absolute Gasteiger partial charge is 0.377 e. The molecule has 2 fully saturated rings. The van der Waals surface area contributed by atoms with Gasteiger partial charge in [0.15, 0.2) is 0 Å². The maximum absolute atomic E-state index is 5.98. The molecule has 0 radical (unpaired) electrons. The quantitative estimate of drug-likeness (QED) is 0.887. The lowest BCUT2D eigenvalue weighted by molar-refractivity contribution is -0.194. The summed E-state index contributed by atoms with van der Waals surface area (Å²) in [6, 6.07) is 9.52. The molecule has 0 aromatic heterocycles. The van der Waals surface area contributed by atoms with Crippen molar-refractivity contribution in [3.05, 3.63) is 34.3 Å². The second-order valence-electron chi connectivity index (χ2n) is 6.84. The number of rotatable bonds is 3. The number of halogens is 1. The lowest BCUT2D eigenvalue weighted by Gasteiger charge is -2.60. The summed E-state index contributed by atoms with van der Waals surface area (Å²) < 4.78 is 7.13. The van der Waals surface area contributed by atoms with Gasteiger partial charge in [0, 0.05) is 34.5 Å². The summed E-state index contributed by atoms with van der Waals surface area (Å²) in [7, 11) is 0. The molecule has 0 amide bonds. The zero-order chi connectivity index (χ0) is 14.3. The van der Waals surface area contributed by atoms with E-state index in [-0.39, 0.29) is 5.41 Å². The topological polar surface area (TPSA) is 21.3 Å². The molecular weight excluding hydrogens is 314 g/mol. The highest BCUT2D eigenvalue weighted by atomic mass is 79.9. The molecule has 4 unspecified atom stereocenters. The SMILES string of the molecule is CC(NC1C2CCCOC2C1(C)C)c1cccc(Br)c1. The second-order valence-corrected chi connectivity index (χ2v) is 7.76. The monoisotopic (exact) mass is 337 g/mol. The third-order valence-corrected chi connectivity index (χ3v) is 5.60. The highest BCUT2D eigenvalue weighted by Gasteiger charge is 2.57. The van der Waals surface area contributed by atoms with Crippen LogP contribution in [-0.4, -0.2) is 18.8 Å². The number of nitrogens with one attached hydrogen (secondary N) is 1. The van der Waals surface area contributed by atoms with E-state index in [2.05, 4.69) is 66.3 Å². The van der Waals surface area contributed by atoms with E-state index in [4.69, 9.17) is 4.74 Å². The van der Waals surface area contributed by atoms with E-state index in [1.165, 1.54) is 18.4 Å². The molecule has 1 heterocycles. The Bertz CT molecular complexity index is 488. The van der Waals surface area contributed by atoms with E-state index in [1.54, 1.807) is 0 Å². The molecule has 110 valence electrons. The van der Waals surface area contributed by atoms with Crippen molar-refractivity contribution in [3.8, 4) is 0 Å². The van der Waals surface area contributed by atoms with E-state index >= 15 is 0 Å². The maximum Gasteiger partial charge on any atom is 0.0684 e. The van der Waals surface area contributed by atoms with Crippen LogP contribution in [0.5, 0.6) is 0 Å². The number of fused-ring (bicyclic) bond motifs is 1. The molecule has 1 aliphatic heterocycles. The first-order chi connectivity index (χ1) is 9.50. The Kier molecular flexibility index (Phi) is 3.95. The summed E-state index contributed by atoms with van der Waals surface area (Å²) in [5, 5.41) is 3.85. The van der Waals surface area contributed by atoms with Crippen LogP contribution < -0.4 is 5.32 Å². The van der Waals surface area contributed by atoms with E-state index in [0.29, 0.717) is 24.1 Å². The zero-order valence-corrected chi connectivity index (χ0v) is 14.1. The van der Waals surface area contributed by atoms with Crippen molar-refractivity contribution in [3.63, 3.8) is 0 Å². The van der Waals surface area contributed by atoms with Gasteiger partial charge in [-0.05, 0) is 37.5 Å². The van der Waals surface area contributed by atoms with Crippen LogP contribution in [0.15, 0.2) is 28.7 Å². The predicted molar refractivity (Wildman–Crippen MR) is 85.7 cm³/mol. The van der Waals surface area contributed by atoms with Crippen molar-refractivity contribution < 1.29 is 4.74 Å². The molecule has 0 bridgehead atoms. The van der Waals surface area contributed by atoms with Crippen molar-refractivity contribution in [2.75, 3.05) is 6.61 Å². The summed E-state index contributed by atoms with van der Waals surface area (Å²) >= 11 is 3.56. The Morgan fingerprint density at radius 1 is 1.40 bits per heavy atom. The number of ether oxygens (including phenoxy) is 1. The van der Waals surface area contributed by atoms with Crippen LogP contribution >= 0.6 is 15.9 Å². The average Bonchev–Trinajstić information content (AvgIpc) is 2.44. The van der Waals surface area contributed by atoms with Crippen molar-refractivity contribution >= 4 is 15.9 Å². The Hall–Kier alpha value is -0.380. The molecule has 20 heavy (non-hydrogen) atoms. The Labute approximate surface area is 130 Å². The molecule has 1 saturated heterocycles. The summed E-state index contributed by atoms with van der Waals surface area (Å²) in [5.74, 6) is 0.688. The van der Waals surface area contributed by atoms with E-state index < -0.39 is 0 Å². The van der Waals surface area contributed by atoms with Gasteiger partial charge in [0.1, 0.15) is 0 Å². The lowest BCUT2D eigenvalue weighted by Crippen LogP contribution is -2.69. The van der Waals surface area contributed by atoms with Crippen LogP contribution in [0, 0.1) is 11.3 Å². The maximum atomic E-state index is 5.98. The third-order valence-electron chi connectivity index (χ3n) is 5.11. The third kappa shape index (κ3) is 2.44. The Morgan fingerprint density at radius 3 is 2.95 bits per heavy atom. The normalized spacial score (nSPS) is 33.1. The van der Waals surface area contributed by atoms with Gasteiger partial charge in [-0.1, -0.05) is 41.9 Å². The second kappa shape index (κ2) is 5.43. The predicted octanol–water partition coefficient (Wildman–Crippen LogP) is 4.30. The molecular formula is C17H24BrNO. The molecule has 2 nitrogen and oxygen atoms in total. The van der Waals surface area contributed by atoms with Crippen molar-refractivity contribution in [1.29, 1.82) is 0 Å². The number of hydrogen-bond acceptors (Lipinski definition) is 2. The van der Waals surface area contributed by atoms with Crippen LogP contribution in [0.25, 0.3) is 0 Å². The summed E-state index contributed by atoms with van der Waals surface area (Å²) in [6.45, 7) is 7.88. The van der Waals surface area contributed by atoms with Gasteiger partial charge in [0.05, 0.1) is 6.10 Å². The van der Waals surface area contributed by atoms with E-state index in [9.17, 15) is 0 Å². The van der Waals surface area contributed by atoms with Crippen molar-refractivity contribution in [2.24, 2.45) is 11.3 Å².